The number of amides is 2. The number of imide groups is 1. The summed E-state index contributed by atoms with van der Waals surface area (Å²) in [5, 5.41) is 12.6. The number of carbonyl (C=O) groups excluding carboxylic acids is 2. The fourth-order valence-electron chi connectivity index (χ4n) is 2.78. The number of hydrogen-bond acceptors (Lipinski definition) is 4. The number of benzene rings is 1. The van der Waals surface area contributed by atoms with Crippen LogP contribution in [0.4, 0.5) is 0 Å². The maximum absolute atomic E-state index is 12.3. The van der Waals surface area contributed by atoms with Gasteiger partial charge in [0.05, 0.1) is 23.7 Å². The van der Waals surface area contributed by atoms with Gasteiger partial charge in [-0.1, -0.05) is 12.1 Å². The number of piperidine rings is 1. The van der Waals surface area contributed by atoms with E-state index in [9.17, 15) is 14.9 Å². The minimum atomic E-state index is -0.312. The van der Waals surface area contributed by atoms with Crippen molar-refractivity contribution in [1.82, 2.24) is 10.2 Å². The Morgan fingerprint density at radius 2 is 1.90 bits per heavy atom. The molecule has 21 heavy (non-hydrogen) atoms. The smallest absolute Gasteiger partial charge is 0.261 e. The van der Waals surface area contributed by atoms with Gasteiger partial charge >= 0.3 is 0 Å². The van der Waals surface area contributed by atoms with Gasteiger partial charge in [-0.15, -0.1) is 0 Å². The Hall–Kier alpha value is -2.45. The van der Waals surface area contributed by atoms with E-state index < -0.39 is 0 Å². The molecule has 2 amide bonds. The molecule has 0 aliphatic carbocycles. The second-order valence-electron chi connectivity index (χ2n) is 5.22. The van der Waals surface area contributed by atoms with Crippen LogP contribution in [0.2, 0.25) is 0 Å². The molecule has 0 aromatic heterocycles. The molecule has 2 heterocycles. The zero-order valence-corrected chi connectivity index (χ0v) is 11.6. The van der Waals surface area contributed by atoms with Crippen LogP contribution in [-0.2, 0) is 0 Å². The topological polar surface area (TPSA) is 73.2 Å². The van der Waals surface area contributed by atoms with Crippen molar-refractivity contribution in [3.63, 3.8) is 0 Å². The average Bonchev–Trinajstić information content (AvgIpc) is 2.78. The van der Waals surface area contributed by atoms with Crippen molar-refractivity contribution in [2.45, 2.75) is 12.8 Å². The molecule has 0 unspecified atom stereocenters. The Balaban J connectivity index is 1.88. The van der Waals surface area contributed by atoms with Crippen molar-refractivity contribution < 1.29 is 9.59 Å². The minimum absolute atomic E-state index is 0.0693. The van der Waals surface area contributed by atoms with Gasteiger partial charge in [-0.25, -0.2) is 0 Å². The second kappa shape index (κ2) is 5.51. The molecule has 3 rings (SSSR count). The summed E-state index contributed by atoms with van der Waals surface area (Å²) in [6.45, 7) is 1.67. The number of fused-ring (bicyclic) bond motifs is 1. The fourth-order valence-corrected chi connectivity index (χ4v) is 2.78. The van der Waals surface area contributed by atoms with E-state index in [4.69, 9.17) is 0 Å². The number of rotatable bonds is 2. The largest absolute Gasteiger partial charge is 0.313 e. The van der Waals surface area contributed by atoms with E-state index in [1.54, 1.807) is 24.3 Å². The van der Waals surface area contributed by atoms with Crippen LogP contribution in [-0.4, -0.2) is 36.3 Å². The maximum Gasteiger partial charge on any atom is 0.261 e. The number of nitriles is 1. The molecule has 5 nitrogen and oxygen atoms in total. The monoisotopic (exact) mass is 281 g/mol. The van der Waals surface area contributed by atoms with Gasteiger partial charge in [0.15, 0.2) is 0 Å². The van der Waals surface area contributed by atoms with Crippen LogP contribution in [0, 0.1) is 11.3 Å². The number of nitrogens with one attached hydrogen (secondary N) is 1. The Bertz CT molecular complexity index is 642. The highest BCUT2D eigenvalue weighted by Crippen LogP contribution is 2.24. The summed E-state index contributed by atoms with van der Waals surface area (Å²) in [6, 6.07) is 8.94. The molecule has 0 bridgehead atoms. The van der Waals surface area contributed by atoms with Crippen molar-refractivity contribution in [3.05, 3.63) is 46.5 Å². The first-order valence-electron chi connectivity index (χ1n) is 6.99. The summed E-state index contributed by atoms with van der Waals surface area (Å²) in [4.78, 5) is 25.8. The van der Waals surface area contributed by atoms with Crippen LogP contribution in [0.25, 0.3) is 0 Å². The van der Waals surface area contributed by atoms with Gasteiger partial charge in [-0.2, -0.15) is 5.26 Å². The SMILES string of the molecule is N#CC(CN1C(=O)c2ccccc2C1=O)=C1CCCNC1. The van der Waals surface area contributed by atoms with Crippen molar-refractivity contribution in [2.24, 2.45) is 0 Å². The fraction of sp³-hybridized carbons (Fsp3) is 0.312. The third kappa shape index (κ3) is 2.34. The first-order chi connectivity index (χ1) is 10.2. The van der Waals surface area contributed by atoms with Crippen LogP contribution >= 0.6 is 0 Å². The van der Waals surface area contributed by atoms with Crippen LogP contribution in [0.15, 0.2) is 35.4 Å². The Labute approximate surface area is 122 Å². The molecule has 1 aromatic carbocycles. The van der Waals surface area contributed by atoms with E-state index in [1.165, 1.54) is 4.90 Å². The van der Waals surface area contributed by atoms with Crippen LogP contribution in [0.1, 0.15) is 33.6 Å². The van der Waals surface area contributed by atoms with Crippen LogP contribution < -0.4 is 5.32 Å². The van der Waals surface area contributed by atoms with Crippen molar-refractivity contribution in [2.75, 3.05) is 19.6 Å². The Morgan fingerprint density at radius 3 is 2.43 bits per heavy atom. The lowest BCUT2D eigenvalue weighted by atomic mass is 10.0. The Morgan fingerprint density at radius 1 is 1.24 bits per heavy atom. The molecule has 0 atom stereocenters. The standard InChI is InChI=1S/C16H15N3O2/c17-8-12(11-4-3-7-18-9-11)10-19-15(20)13-5-1-2-6-14(13)16(19)21/h1-2,5-6,18H,3-4,7,9-10H2. The summed E-state index contributed by atoms with van der Waals surface area (Å²) < 4.78 is 0. The van der Waals surface area contributed by atoms with Gasteiger partial charge in [0.2, 0.25) is 0 Å². The molecule has 2 aliphatic rings. The van der Waals surface area contributed by atoms with E-state index >= 15 is 0 Å². The summed E-state index contributed by atoms with van der Waals surface area (Å²) in [7, 11) is 0. The molecular weight excluding hydrogens is 266 g/mol. The Kier molecular flexibility index (Phi) is 3.55. The van der Waals surface area contributed by atoms with Crippen LogP contribution in [0.3, 0.4) is 0 Å². The minimum Gasteiger partial charge on any atom is -0.313 e. The lowest BCUT2D eigenvalue weighted by Gasteiger charge is -2.20. The predicted octanol–water partition coefficient (Wildman–Crippen LogP) is 1.49. The van der Waals surface area contributed by atoms with Crippen molar-refractivity contribution in [1.29, 1.82) is 5.26 Å². The molecule has 1 saturated heterocycles. The number of carbonyl (C=O) groups is 2. The summed E-state index contributed by atoms with van der Waals surface area (Å²) in [5.41, 5.74) is 2.37. The van der Waals surface area contributed by atoms with E-state index in [0.29, 0.717) is 23.2 Å². The first-order valence-corrected chi connectivity index (χ1v) is 6.99. The van der Waals surface area contributed by atoms with Gasteiger partial charge in [0.25, 0.3) is 11.8 Å². The molecule has 1 N–H and O–H groups in total. The normalized spacial score (nSPS) is 20.2. The molecule has 1 aromatic rings. The predicted molar refractivity (Wildman–Crippen MR) is 76.6 cm³/mol. The van der Waals surface area contributed by atoms with Crippen LogP contribution in [0.5, 0.6) is 0 Å². The van der Waals surface area contributed by atoms with Gasteiger partial charge in [0.1, 0.15) is 0 Å². The summed E-state index contributed by atoms with van der Waals surface area (Å²) in [5.74, 6) is -0.625. The van der Waals surface area contributed by atoms with Gasteiger partial charge in [-0.05, 0) is 37.1 Å². The first kappa shape index (κ1) is 13.5. The zero-order chi connectivity index (χ0) is 14.8. The highest BCUT2D eigenvalue weighted by atomic mass is 16.2. The molecule has 5 heteroatoms. The quantitative estimate of drug-likeness (QED) is 0.658. The zero-order valence-electron chi connectivity index (χ0n) is 11.6. The molecule has 0 radical (unpaired) electrons. The highest BCUT2D eigenvalue weighted by molar-refractivity contribution is 6.21. The van der Waals surface area contributed by atoms with Gasteiger partial charge in [-0.3, -0.25) is 14.5 Å². The van der Waals surface area contributed by atoms with Gasteiger partial charge in [0, 0.05) is 12.1 Å². The number of nitrogens with zero attached hydrogens (tertiary/aromatic N) is 2. The summed E-state index contributed by atoms with van der Waals surface area (Å²) in [6.07, 6.45) is 1.82. The van der Waals surface area contributed by atoms with E-state index in [-0.39, 0.29) is 18.4 Å². The molecule has 0 spiro atoms. The van der Waals surface area contributed by atoms with E-state index in [1.807, 2.05) is 0 Å². The molecule has 2 aliphatic heterocycles. The van der Waals surface area contributed by atoms with E-state index in [0.717, 1.165) is 25.0 Å². The van der Waals surface area contributed by atoms with E-state index in [2.05, 4.69) is 11.4 Å². The lowest BCUT2D eigenvalue weighted by molar-refractivity contribution is 0.0669. The second-order valence-corrected chi connectivity index (χ2v) is 5.22. The lowest BCUT2D eigenvalue weighted by Crippen LogP contribution is -2.33. The molecule has 106 valence electrons. The maximum atomic E-state index is 12.3. The highest BCUT2D eigenvalue weighted by Gasteiger charge is 2.35. The molecular formula is C16H15N3O2. The average molecular weight is 281 g/mol. The number of hydrogen-bond donors (Lipinski definition) is 1. The summed E-state index contributed by atoms with van der Waals surface area (Å²) >= 11 is 0. The third-order valence-electron chi connectivity index (χ3n) is 3.93. The van der Waals surface area contributed by atoms with Gasteiger partial charge < -0.3 is 5.32 Å². The molecule has 0 saturated carbocycles. The van der Waals surface area contributed by atoms with Crippen molar-refractivity contribution >= 4 is 11.8 Å². The van der Waals surface area contributed by atoms with Crippen molar-refractivity contribution in [3.8, 4) is 6.07 Å². The molecule has 1 fully saturated rings. The third-order valence-corrected chi connectivity index (χ3v) is 3.93.